The molecule has 0 spiro atoms. The zero-order chi connectivity index (χ0) is 18.0. The summed E-state index contributed by atoms with van der Waals surface area (Å²) in [6.07, 6.45) is 3.54. The number of carbonyl (C=O) groups excluding carboxylic acids is 1. The number of esters is 1. The normalized spacial score (nSPS) is 17.1. The zero-order valence-electron chi connectivity index (χ0n) is 14.3. The Morgan fingerprint density at radius 3 is 2.80 bits per heavy atom. The van der Waals surface area contributed by atoms with Gasteiger partial charge < -0.3 is 14.6 Å². The highest BCUT2D eigenvalue weighted by atomic mass is 35.5. The number of ether oxygens (including phenoxy) is 1. The van der Waals surface area contributed by atoms with E-state index in [2.05, 4.69) is 10.3 Å². The third kappa shape index (κ3) is 3.30. The standard InChI is InChI=1S/C18H19ClN4O2/c1-4-25-18(24)14-11(2)21-16(17-20-9-10-23(17)3)22-15(14)12-7-5-6-8-13(12)19/h5-10,15H,4H2,1-3H3,(H,21,22). The van der Waals surface area contributed by atoms with Crippen LogP contribution in [0.4, 0.5) is 0 Å². The smallest absolute Gasteiger partial charge is 0.338 e. The van der Waals surface area contributed by atoms with Crippen LogP contribution >= 0.6 is 11.6 Å². The van der Waals surface area contributed by atoms with Gasteiger partial charge >= 0.3 is 5.97 Å². The van der Waals surface area contributed by atoms with Gasteiger partial charge in [0.2, 0.25) is 0 Å². The van der Waals surface area contributed by atoms with Crippen molar-refractivity contribution in [2.75, 3.05) is 6.61 Å². The van der Waals surface area contributed by atoms with E-state index < -0.39 is 12.0 Å². The summed E-state index contributed by atoms with van der Waals surface area (Å²) < 4.78 is 7.08. The van der Waals surface area contributed by atoms with Gasteiger partial charge in [0.05, 0.1) is 12.2 Å². The van der Waals surface area contributed by atoms with Crippen molar-refractivity contribution in [1.82, 2.24) is 14.9 Å². The van der Waals surface area contributed by atoms with E-state index in [0.717, 1.165) is 5.56 Å². The van der Waals surface area contributed by atoms with Crippen molar-refractivity contribution in [1.29, 1.82) is 0 Å². The minimum Gasteiger partial charge on any atom is -0.463 e. The lowest BCUT2D eigenvalue weighted by atomic mass is 9.96. The van der Waals surface area contributed by atoms with E-state index in [0.29, 0.717) is 34.6 Å². The van der Waals surface area contributed by atoms with Crippen LogP contribution in [-0.2, 0) is 16.6 Å². The first kappa shape index (κ1) is 17.2. The maximum Gasteiger partial charge on any atom is 0.338 e. The number of aromatic nitrogens is 2. The van der Waals surface area contributed by atoms with Gasteiger partial charge in [0.25, 0.3) is 0 Å². The molecule has 0 amide bonds. The predicted molar refractivity (Wildman–Crippen MR) is 96.4 cm³/mol. The Morgan fingerprint density at radius 1 is 1.40 bits per heavy atom. The fraction of sp³-hybridized carbons (Fsp3) is 0.278. The topological polar surface area (TPSA) is 68.5 Å². The number of benzene rings is 1. The SMILES string of the molecule is CCOC(=O)C1=C(C)NC(c2nccn2C)=NC1c1ccccc1Cl. The number of rotatable bonds is 4. The molecule has 0 aliphatic carbocycles. The first-order chi connectivity index (χ1) is 12.0. The van der Waals surface area contributed by atoms with Gasteiger partial charge in [-0.2, -0.15) is 0 Å². The number of amidine groups is 1. The van der Waals surface area contributed by atoms with Crippen molar-refractivity contribution in [3.8, 4) is 0 Å². The third-order valence-electron chi connectivity index (χ3n) is 3.97. The van der Waals surface area contributed by atoms with Crippen molar-refractivity contribution >= 4 is 23.4 Å². The summed E-state index contributed by atoms with van der Waals surface area (Å²) in [6, 6.07) is 6.81. The van der Waals surface area contributed by atoms with Gasteiger partial charge in [-0.05, 0) is 19.9 Å². The number of nitrogens with zero attached hydrogens (tertiary/aromatic N) is 3. The summed E-state index contributed by atoms with van der Waals surface area (Å²) in [4.78, 5) is 21.6. The summed E-state index contributed by atoms with van der Waals surface area (Å²) in [7, 11) is 1.89. The summed E-state index contributed by atoms with van der Waals surface area (Å²) in [5.41, 5.74) is 1.88. The minimum atomic E-state index is -0.555. The summed E-state index contributed by atoms with van der Waals surface area (Å²) in [6.45, 7) is 3.89. The lowest BCUT2D eigenvalue weighted by Gasteiger charge is -2.26. The molecule has 0 bridgehead atoms. The lowest BCUT2D eigenvalue weighted by Crippen LogP contribution is -2.34. The minimum absolute atomic E-state index is 0.292. The molecule has 1 aromatic carbocycles. The second-order valence-electron chi connectivity index (χ2n) is 5.65. The van der Waals surface area contributed by atoms with Crippen molar-refractivity contribution in [3.05, 3.63) is 64.3 Å². The van der Waals surface area contributed by atoms with Crippen LogP contribution in [0, 0.1) is 0 Å². The molecule has 0 radical (unpaired) electrons. The maximum atomic E-state index is 12.5. The molecule has 130 valence electrons. The third-order valence-corrected chi connectivity index (χ3v) is 4.31. The molecule has 6 nitrogen and oxygen atoms in total. The van der Waals surface area contributed by atoms with Crippen molar-refractivity contribution < 1.29 is 9.53 Å². The summed E-state index contributed by atoms with van der Waals surface area (Å²) in [5, 5.41) is 3.72. The average molecular weight is 359 g/mol. The van der Waals surface area contributed by atoms with Gasteiger partial charge in [0.1, 0.15) is 6.04 Å². The highest BCUT2D eigenvalue weighted by Crippen LogP contribution is 2.35. The number of hydrogen-bond acceptors (Lipinski definition) is 5. The Labute approximate surface area is 151 Å². The molecule has 3 rings (SSSR count). The van der Waals surface area contributed by atoms with E-state index in [-0.39, 0.29) is 0 Å². The van der Waals surface area contributed by atoms with Crippen molar-refractivity contribution in [2.24, 2.45) is 12.0 Å². The van der Waals surface area contributed by atoms with E-state index in [1.54, 1.807) is 19.2 Å². The first-order valence-corrected chi connectivity index (χ1v) is 8.35. The van der Waals surface area contributed by atoms with E-state index in [4.69, 9.17) is 21.3 Å². The molecule has 2 aromatic rings. The zero-order valence-corrected chi connectivity index (χ0v) is 15.0. The molecule has 25 heavy (non-hydrogen) atoms. The van der Waals surface area contributed by atoms with E-state index >= 15 is 0 Å². The number of carbonyl (C=O) groups is 1. The van der Waals surface area contributed by atoms with E-state index in [1.165, 1.54) is 0 Å². The largest absolute Gasteiger partial charge is 0.463 e. The van der Waals surface area contributed by atoms with Crippen LogP contribution in [0.5, 0.6) is 0 Å². The molecule has 1 atom stereocenters. The van der Waals surface area contributed by atoms with Crippen LogP contribution in [0.1, 0.15) is 31.3 Å². The van der Waals surface area contributed by atoms with Crippen LogP contribution in [0.2, 0.25) is 5.02 Å². The first-order valence-electron chi connectivity index (χ1n) is 7.97. The Hall–Kier alpha value is -2.60. The Kier molecular flexibility index (Phi) is 4.90. The van der Waals surface area contributed by atoms with Gasteiger partial charge in [0, 0.05) is 35.7 Å². The van der Waals surface area contributed by atoms with E-state index in [1.807, 2.05) is 42.9 Å². The predicted octanol–water partition coefficient (Wildman–Crippen LogP) is 3.00. The molecule has 0 fully saturated rings. The fourth-order valence-corrected chi connectivity index (χ4v) is 3.02. The Morgan fingerprint density at radius 2 is 2.16 bits per heavy atom. The molecule has 1 aliphatic rings. The van der Waals surface area contributed by atoms with Gasteiger partial charge in [-0.15, -0.1) is 0 Å². The van der Waals surface area contributed by atoms with Crippen LogP contribution in [0.15, 0.2) is 52.9 Å². The van der Waals surface area contributed by atoms with Gasteiger partial charge in [0.15, 0.2) is 11.7 Å². The molecule has 0 saturated carbocycles. The number of hydrogen-bond donors (Lipinski definition) is 1. The molecule has 1 N–H and O–H groups in total. The van der Waals surface area contributed by atoms with Crippen LogP contribution in [0.25, 0.3) is 0 Å². The molecule has 1 unspecified atom stereocenters. The molecular formula is C18H19ClN4O2. The van der Waals surface area contributed by atoms with Gasteiger partial charge in [-0.25, -0.2) is 9.78 Å². The molecule has 7 heteroatoms. The van der Waals surface area contributed by atoms with Crippen LogP contribution in [-0.4, -0.2) is 28.0 Å². The highest BCUT2D eigenvalue weighted by molar-refractivity contribution is 6.31. The maximum absolute atomic E-state index is 12.5. The average Bonchev–Trinajstić information content (AvgIpc) is 3.00. The fourth-order valence-electron chi connectivity index (χ4n) is 2.78. The molecular weight excluding hydrogens is 340 g/mol. The lowest BCUT2D eigenvalue weighted by molar-refractivity contribution is -0.138. The Bertz CT molecular complexity index is 869. The number of aryl methyl sites for hydroxylation is 1. The quantitative estimate of drug-likeness (QED) is 0.853. The van der Waals surface area contributed by atoms with Crippen LogP contribution < -0.4 is 5.32 Å². The van der Waals surface area contributed by atoms with Crippen molar-refractivity contribution in [2.45, 2.75) is 19.9 Å². The monoisotopic (exact) mass is 358 g/mol. The second-order valence-corrected chi connectivity index (χ2v) is 6.05. The number of halogens is 1. The molecule has 1 aromatic heterocycles. The van der Waals surface area contributed by atoms with Crippen LogP contribution in [0.3, 0.4) is 0 Å². The molecule has 1 aliphatic heterocycles. The van der Waals surface area contributed by atoms with Crippen molar-refractivity contribution in [3.63, 3.8) is 0 Å². The number of aliphatic imine (C=N–C) groups is 1. The summed E-state index contributed by atoms with van der Waals surface area (Å²) >= 11 is 6.37. The highest BCUT2D eigenvalue weighted by Gasteiger charge is 2.32. The second kappa shape index (κ2) is 7.11. The van der Waals surface area contributed by atoms with Gasteiger partial charge in [-0.3, -0.25) is 4.99 Å². The molecule has 2 heterocycles. The number of allylic oxidation sites excluding steroid dienone is 1. The van der Waals surface area contributed by atoms with E-state index in [9.17, 15) is 4.79 Å². The molecule has 0 saturated heterocycles. The number of nitrogens with one attached hydrogen (secondary N) is 1. The number of imidazole rings is 1. The summed E-state index contributed by atoms with van der Waals surface area (Å²) in [5.74, 6) is 0.863. The van der Waals surface area contributed by atoms with Gasteiger partial charge in [-0.1, -0.05) is 29.8 Å². The Balaban J connectivity index is 2.12.